The predicted molar refractivity (Wildman–Crippen MR) is 133 cm³/mol. The lowest BCUT2D eigenvalue weighted by molar-refractivity contribution is 0.147. The van der Waals surface area contributed by atoms with Crippen molar-refractivity contribution >= 4 is 33.5 Å². The lowest BCUT2D eigenvalue weighted by atomic mass is 10.1. The Balaban J connectivity index is 3.16. The zero-order valence-electron chi connectivity index (χ0n) is 19.9. The van der Waals surface area contributed by atoms with Crippen LogP contribution in [0.2, 0.25) is 18.1 Å². The summed E-state index contributed by atoms with van der Waals surface area (Å²) in [5.41, 5.74) is 0. The molecular formula is C20H39N4O4PSSi. The number of carbonyl (C=O) groups excluding carboxylic acids is 1. The van der Waals surface area contributed by atoms with Gasteiger partial charge in [-0.1, -0.05) is 36.1 Å². The van der Waals surface area contributed by atoms with Crippen molar-refractivity contribution in [2.24, 2.45) is 9.95 Å². The number of allylic oxidation sites excluding steroid dienone is 1. The van der Waals surface area contributed by atoms with Crippen LogP contribution in [0.1, 0.15) is 41.0 Å². The van der Waals surface area contributed by atoms with Gasteiger partial charge in [-0.2, -0.15) is 0 Å². The molecule has 8 nitrogen and oxygen atoms in total. The van der Waals surface area contributed by atoms with Gasteiger partial charge in [-0.05, 0) is 38.4 Å². The van der Waals surface area contributed by atoms with Gasteiger partial charge in [-0.25, -0.2) is 13.7 Å². The van der Waals surface area contributed by atoms with Crippen LogP contribution in [0.4, 0.5) is 4.79 Å². The highest BCUT2D eigenvalue weighted by Crippen LogP contribution is 2.37. The molecule has 11 heteroatoms. The largest absolute Gasteiger partial charge is 0.476 e. The summed E-state index contributed by atoms with van der Waals surface area (Å²) in [6.45, 7) is 18.9. The third-order valence-corrected chi connectivity index (χ3v) is 13.3. The van der Waals surface area contributed by atoms with E-state index in [0.29, 0.717) is 12.3 Å². The van der Waals surface area contributed by atoms with Crippen LogP contribution in [0, 0.1) is 5.92 Å². The van der Waals surface area contributed by atoms with Gasteiger partial charge >= 0.3 is 6.09 Å². The molecule has 31 heavy (non-hydrogen) atoms. The van der Waals surface area contributed by atoms with Crippen molar-refractivity contribution in [1.29, 1.82) is 0 Å². The first-order valence-electron chi connectivity index (χ1n) is 10.5. The number of amides is 1. The van der Waals surface area contributed by atoms with E-state index in [1.165, 1.54) is 0 Å². The topological polar surface area (TPSA) is 94.8 Å². The molecule has 1 amide bonds. The maximum absolute atomic E-state index is 13.9. The Labute approximate surface area is 191 Å². The van der Waals surface area contributed by atoms with Gasteiger partial charge in [0.15, 0.2) is 8.24 Å². The fourth-order valence-electron chi connectivity index (χ4n) is 2.47. The second kappa shape index (κ2) is 11.5. The molecule has 178 valence electrons. The van der Waals surface area contributed by atoms with Crippen LogP contribution < -0.4 is 9.46 Å². The minimum absolute atomic E-state index is 0.132. The summed E-state index contributed by atoms with van der Waals surface area (Å²) in [7, 11) is -3.06. The van der Waals surface area contributed by atoms with E-state index < -0.39 is 30.1 Å². The molecule has 0 aromatic carbocycles. The summed E-state index contributed by atoms with van der Waals surface area (Å²) >= 11 is 0. The normalized spacial score (nSPS) is 16.0. The number of nitrogens with one attached hydrogen (secondary N) is 1. The predicted octanol–water partition coefficient (Wildman–Crippen LogP) is 4.81. The van der Waals surface area contributed by atoms with Crippen molar-refractivity contribution in [2.75, 3.05) is 12.4 Å². The molecular weight excluding hydrogens is 451 g/mol. The smallest absolute Gasteiger partial charge is 0.420 e. The molecule has 1 aromatic rings. The first-order chi connectivity index (χ1) is 14.2. The number of aromatic nitrogens is 2. The van der Waals surface area contributed by atoms with Gasteiger partial charge < -0.3 is 9.47 Å². The minimum Gasteiger partial charge on any atom is -0.476 e. The van der Waals surface area contributed by atoms with Crippen molar-refractivity contribution in [1.82, 2.24) is 14.5 Å². The van der Waals surface area contributed by atoms with E-state index in [1.807, 2.05) is 26.2 Å². The van der Waals surface area contributed by atoms with E-state index in [9.17, 15) is 9.00 Å². The van der Waals surface area contributed by atoms with E-state index >= 15 is 0 Å². The minimum atomic E-state index is -3.10. The number of rotatable bonds is 11. The van der Waals surface area contributed by atoms with Gasteiger partial charge in [0.1, 0.15) is 15.8 Å². The summed E-state index contributed by atoms with van der Waals surface area (Å²) in [5.74, 6) is 0.0739. The lowest BCUT2D eigenvalue weighted by Gasteiger charge is -2.33. The molecule has 4 atom stereocenters. The van der Waals surface area contributed by atoms with Gasteiger partial charge in [0.2, 0.25) is 5.88 Å². The number of carbonyl (C=O) groups is 1. The molecule has 0 saturated heterocycles. The molecule has 1 rings (SSSR count). The molecule has 1 N–H and O–H groups in total. The number of hydrogen-bond acceptors (Lipinski definition) is 6. The van der Waals surface area contributed by atoms with Crippen LogP contribution in [-0.2, 0) is 21.2 Å². The van der Waals surface area contributed by atoms with E-state index in [1.54, 1.807) is 23.7 Å². The molecule has 0 bridgehead atoms. The Morgan fingerprint density at radius 1 is 1.48 bits per heavy atom. The average Bonchev–Trinajstić information content (AvgIpc) is 3.05. The van der Waals surface area contributed by atoms with Crippen LogP contribution in [0.25, 0.3) is 0 Å². The fraction of sp³-hybridized carbons (Fsp3) is 0.700. The second-order valence-corrected chi connectivity index (χ2v) is 17.2. The molecule has 0 aliphatic carbocycles. The SMILES string of the molecule is C=CC[C@H](COc1ccn(CC)n1)CS(=O)(=N[Si](C)(C)C(C)(C)C)NC(=O)O[C@@H](C)P. The van der Waals surface area contributed by atoms with Gasteiger partial charge in [-0.15, -0.1) is 11.7 Å². The molecule has 0 aliphatic heterocycles. The molecule has 0 saturated carbocycles. The summed E-state index contributed by atoms with van der Waals surface area (Å²) in [6.07, 6.45) is 3.42. The quantitative estimate of drug-likeness (QED) is 0.273. The van der Waals surface area contributed by atoms with E-state index in [4.69, 9.17) is 13.5 Å². The van der Waals surface area contributed by atoms with E-state index in [2.05, 4.69) is 46.4 Å². The highest BCUT2D eigenvalue weighted by atomic mass is 32.2. The monoisotopic (exact) mass is 490 g/mol. The Bertz CT molecular complexity index is 858. The van der Waals surface area contributed by atoms with Crippen molar-refractivity contribution in [3.05, 3.63) is 24.9 Å². The Kier molecular flexibility index (Phi) is 10.2. The summed E-state index contributed by atoms with van der Waals surface area (Å²) in [6, 6.07) is 1.79. The van der Waals surface area contributed by atoms with Crippen molar-refractivity contribution < 1.29 is 18.5 Å². The van der Waals surface area contributed by atoms with Crippen molar-refractivity contribution in [3.63, 3.8) is 0 Å². The molecule has 1 heterocycles. The first-order valence-corrected chi connectivity index (χ1v) is 15.8. The second-order valence-electron chi connectivity index (χ2n) is 9.13. The van der Waals surface area contributed by atoms with Crippen molar-refractivity contribution in [3.8, 4) is 5.88 Å². The highest BCUT2D eigenvalue weighted by Gasteiger charge is 2.38. The molecule has 0 radical (unpaired) electrons. The number of nitrogens with zero attached hydrogens (tertiary/aromatic N) is 3. The van der Waals surface area contributed by atoms with Gasteiger partial charge in [0.25, 0.3) is 0 Å². The lowest BCUT2D eigenvalue weighted by Crippen LogP contribution is -2.43. The van der Waals surface area contributed by atoms with Crippen LogP contribution >= 0.6 is 9.24 Å². The standard InChI is InChI=1S/C20H39N4O4PSSi/c1-9-11-17(14-27-18-12-13-24(10-2)21-18)15-30(26,22-19(25)28-16(3)29)23-31(7,8)20(4,5)6/h9,12-13,16-17H,1,10-11,14-15,29H2,2-8H3,(H,22,23,25,26)/t16-,17-,30?/m1/s1. The number of aryl methyl sites for hydroxylation is 1. The Morgan fingerprint density at radius 2 is 2.13 bits per heavy atom. The highest BCUT2D eigenvalue weighted by molar-refractivity contribution is 7.93. The van der Waals surface area contributed by atoms with Crippen LogP contribution in [0.3, 0.4) is 0 Å². The maximum atomic E-state index is 13.9. The van der Waals surface area contributed by atoms with Crippen LogP contribution in [0.15, 0.2) is 28.9 Å². The summed E-state index contributed by atoms with van der Waals surface area (Å²) < 4.78 is 34.0. The first kappa shape index (κ1) is 27.7. The number of hydrogen-bond donors (Lipinski definition) is 1. The molecule has 0 aliphatic rings. The van der Waals surface area contributed by atoms with Gasteiger partial charge in [0.05, 0.1) is 12.4 Å². The van der Waals surface area contributed by atoms with Crippen LogP contribution in [0.5, 0.6) is 5.88 Å². The van der Waals surface area contributed by atoms with Crippen LogP contribution in [-0.4, -0.2) is 46.5 Å². The molecule has 0 spiro atoms. The zero-order chi connectivity index (χ0) is 23.9. The third kappa shape index (κ3) is 9.33. The molecule has 0 fully saturated rings. The van der Waals surface area contributed by atoms with E-state index in [-0.39, 0.29) is 23.3 Å². The third-order valence-electron chi connectivity index (χ3n) is 5.12. The van der Waals surface area contributed by atoms with Crippen molar-refractivity contribution in [2.45, 2.75) is 71.6 Å². The summed E-state index contributed by atoms with van der Waals surface area (Å²) in [4.78, 5) is 12.3. The maximum Gasteiger partial charge on any atom is 0.420 e. The van der Waals surface area contributed by atoms with E-state index in [0.717, 1.165) is 6.54 Å². The fourth-order valence-corrected chi connectivity index (χ4v) is 8.38. The molecule has 2 unspecified atom stereocenters. The Hall–Kier alpha value is -1.38. The summed E-state index contributed by atoms with van der Waals surface area (Å²) in [5, 5.41) is 4.19. The number of ether oxygens (including phenoxy) is 2. The Morgan fingerprint density at radius 3 is 2.61 bits per heavy atom. The average molecular weight is 491 g/mol. The zero-order valence-corrected chi connectivity index (χ0v) is 22.9. The molecule has 1 aromatic heterocycles. The van der Waals surface area contributed by atoms with Gasteiger partial charge in [0, 0.05) is 24.7 Å². The van der Waals surface area contributed by atoms with Gasteiger partial charge in [-0.3, -0.25) is 8.71 Å².